The molecule has 2 heterocycles. The summed E-state index contributed by atoms with van der Waals surface area (Å²) in [5.74, 6) is 2.50. The van der Waals surface area contributed by atoms with Crippen molar-refractivity contribution in [2.45, 2.75) is 38.5 Å². The van der Waals surface area contributed by atoms with Crippen molar-refractivity contribution in [3.63, 3.8) is 0 Å². The third kappa shape index (κ3) is 5.04. The average molecular weight is 377 g/mol. The predicted molar refractivity (Wildman–Crippen MR) is 119 cm³/mol. The summed E-state index contributed by atoms with van der Waals surface area (Å²) in [5, 5.41) is 0. The van der Waals surface area contributed by atoms with Gasteiger partial charge in [0.05, 0.1) is 0 Å². The highest BCUT2D eigenvalue weighted by molar-refractivity contribution is 5.20. The standard InChI is InChI=1S/C26H36N2/c1-2-23-19-28(16-13-22-9-5-3-6-10-22)21-26(23)20-27-17-14-25(15-18-27)24-11-7-4-8-12-24/h3-12,23,25-26H,2,13-21H2,1H3. The van der Waals surface area contributed by atoms with Crippen LogP contribution in [0, 0.1) is 11.8 Å². The fourth-order valence-electron chi connectivity index (χ4n) is 5.33. The zero-order chi connectivity index (χ0) is 19.2. The van der Waals surface area contributed by atoms with Crippen LogP contribution in [0.5, 0.6) is 0 Å². The first kappa shape index (κ1) is 19.7. The zero-order valence-corrected chi connectivity index (χ0v) is 17.5. The molecule has 2 fully saturated rings. The lowest BCUT2D eigenvalue weighted by Gasteiger charge is -2.34. The lowest BCUT2D eigenvalue weighted by atomic mass is 9.88. The minimum Gasteiger partial charge on any atom is -0.303 e. The first-order chi connectivity index (χ1) is 13.8. The Kier molecular flexibility index (Phi) is 6.82. The van der Waals surface area contributed by atoms with Crippen LogP contribution in [0.2, 0.25) is 0 Å². The highest BCUT2D eigenvalue weighted by Crippen LogP contribution is 2.31. The average Bonchev–Trinajstić information content (AvgIpc) is 3.16. The topological polar surface area (TPSA) is 6.48 Å². The molecule has 0 aliphatic carbocycles. The molecule has 2 heteroatoms. The van der Waals surface area contributed by atoms with Crippen molar-refractivity contribution in [1.82, 2.24) is 9.80 Å². The highest BCUT2D eigenvalue weighted by Gasteiger charge is 2.33. The third-order valence-electron chi connectivity index (χ3n) is 7.09. The van der Waals surface area contributed by atoms with Crippen molar-refractivity contribution in [1.29, 1.82) is 0 Å². The van der Waals surface area contributed by atoms with Crippen molar-refractivity contribution in [3.05, 3.63) is 71.8 Å². The van der Waals surface area contributed by atoms with E-state index in [1.165, 1.54) is 70.5 Å². The van der Waals surface area contributed by atoms with Gasteiger partial charge in [-0.05, 0) is 61.2 Å². The van der Waals surface area contributed by atoms with Crippen molar-refractivity contribution < 1.29 is 0 Å². The number of hydrogen-bond donors (Lipinski definition) is 0. The second-order valence-electron chi connectivity index (χ2n) is 8.91. The molecule has 0 bridgehead atoms. The summed E-state index contributed by atoms with van der Waals surface area (Å²) in [6, 6.07) is 22.1. The van der Waals surface area contributed by atoms with Gasteiger partial charge in [0.25, 0.3) is 0 Å². The van der Waals surface area contributed by atoms with E-state index in [4.69, 9.17) is 0 Å². The largest absolute Gasteiger partial charge is 0.303 e. The summed E-state index contributed by atoms with van der Waals surface area (Å²) in [6.07, 6.45) is 5.16. The van der Waals surface area contributed by atoms with Crippen molar-refractivity contribution in [2.24, 2.45) is 11.8 Å². The van der Waals surface area contributed by atoms with Gasteiger partial charge in [-0.15, -0.1) is 0 Å². The third-order valence-corrected chi connectivity index (χ3v) is 7.09. The van der Waals surface area contributed by atoms with Crippen LogP contribution in [0.4, 0.5) is 0 Å². The molecule has 2 atom stereocenters. The summed E-state index contributed by atoms with van der Waals surface area (Å²) in [5.41, 5.74) is 3.02. The Labute approximate surface area is 171 Å². The molecule has 2 aliphatic heterocycles. The van der Waals surface area contributed by atoms with Gasteiger partial charge in [-0.1, -0.05) is 74.0 Å². The van der Waals surface area contributed by atoms with Crippen LogP contribution in [0.3, 0.4) is 0 Å². The molecular weight excluding hydrogens is 340 g/mol. The molecule has 0 aromatic heterocycles. The van der Waals surface area contributed by atoms with E-state index in [9.17, 15) is 0 Å². The SMILES string of the molecule is CCC1CN(CCc2ccccc2)CC1CN1CCC(c2ccccc2)CC1. The number of piperidine rings is 1. The smallest absolute Gasteiger partial charge is 0.00253 e. The molecule has 0 saturated carbocycles. The Morgan fingerprint density at radius 2 is 1.43 bits per heavy atom. The summed E-state index contributed by atoms with van der Waals surface area (Å²) >= 11 is 0. The summed E-state index contributed by atoms with van der Waals surface area (Å²) in [7, 11) is 0. The number of hydrogen-bond acceptors (Lipinski definition) is 2. The number of nitrogens with zero attached hydrogens (tertiary/aromatic N) is 2. The molecule has 2 aliphatic rings. The minimum absolute atomic E-state index is 0.769. The second-order valence-corrected chi connectivity index (χ2v) is 8.91. The number of likely N-dealkylation sites (tertiary alicyclic amines) is 2. The van der Waals surface area contributed by atoms with E-state index in [0.717, 1.165) is 17.8 Å². The fourth-order valence-corrected chi connectivity index (χ4v) is 5.33. The summed E-state index contributed by atoms with van der Waals surface area (Å²) in [6.45, 7) is 10.1. The highest BCUT2D eigenvalue weighted by atomic mass is 15.2. The van der Waals surface area contributed by atoms with Gasteiger partial charge >= 0.3 is 0 Å². The molecule has 0 amide bonds. The van der Waals surface area contributed by atoms with Crippen LogP contribution < -0.4 is 0 Å². The van der Waals surface area contributed by atoms with Gasteiger partial charge in [-0.25, -0.2) is 0 Å². The van der Waals surface area contributed by atoms with Crippen LogP contribution in [0.25, 0.3) is 0 Å². The van der Waals surface area contributed by atoms with E-state index < -0.39 is 0 Å². The Hall–Kier alpha value is -1.64. The van der Waals surface area contributed by atoms with E-state index in [1.807, 2.05) is 0 Å². The Morgan fingerprint density at radius 3 is 2.11 bits per heavy atom. The second kappa shape index (κ2) is 9.71. The lowest BCUT2D eigenvalue weighted by Crippen LogP contribution is -2.38. The Morgan fingerprint density at radius 1 is 0.786 bits per heavy atom. The zero-order valence-electron chi connectivity index (χ0n) is 17.5. The lowest BCUT2D eigenvalue weighted by molar-refractivity contribution is 0.168. The summed E-state index contributed by atoms with van der Waals surface area (Å²) in [4.78, 5) is 5.48. The quantitative estimate of drug-likeness (QED) is 0.666. The van der Waals surface area contributed by atoms with Crippen LogP contribution in [-0.2, 0) is 6.42 Å². The van der Waals surface area contributed by atoms with Crippen molar-refractivity contribution in [3.8, 4) is 0 Å². The molecule has 2 nitrogen and oxygen atoms in total. The normalized spacial score (nSPS) is 24.6. The minimum atomic E-state index is 0.769. The molecule has 2 aromatic carbocycles. The van der Waals surface area contributed by atoms with E-state index in [-0.39, 0.29) is 0 Å². The molecule has 28 heavy (non-hydrogen) atoms. The van der Waals surface area contributed by atoms with Gasteiger partial charge in [-0.2, -0.15) is 0 Å². The molecular formula is C26H36N2. The first-order valence-corrected chi connectivity index (χ1v) is 11.4. The van der Waals surface area contributed by atoms with E-state index >= 15 is 0 Å². The van der Waals surface area contributed by atoms with E-state index in [0.29, 0.717) is 0 Å². The number of rotatable bonds is 7. The Balaban J connectivity index is 1.25. The van der Waals surface area contributed by atoms with Gasteiger partial charge in [0.2, 0.25) is 0 Å². The van der Waals surface area contributed by atoms with Gasteiger partial charge in [-0.3, -0.25) is 0 Å². The van der Waals surface area contributed by atoms with Crippen LogP contribution in [-0.4, -0.2) is 49.1 Å². The van der Waals surface area contributed by atoms with E-state index in [2.05, 4.69) is 77.4 Å². The molecule has 0 N–H and O–H groups in total. The predicted octanol–water partition coefficient (Wildman–Crippen LogP) is 5.07. The molecule has 150 valence electrons. The van der Waals surface area contributed by atoms with E-state index in [1.54, 1.807) is 5.56 Å². The van der Waals surface area contributed by atoms with Gasteiger partial charge < -0.3 is 9.80 Å². The van der Waals surface area contributed by atoms with Gasteiger partial charge in [0, 0.05) is 26.2 Å². The molecule has 4 rings (SSSR count). The summed E-state index contributed by atoms with van der Waals surface area (Å²) < 4.78 is 0. The van der Waals surface area contributed by atoms with Crippen LogP contribution in [0.15, 0.2) is 60.7 Å². The maximum absolute atomic E-state index is 2.76. The molecule has 2 aromatic rings. The molecule has 0 radical (unpaired) electrons. The van der Waals surface area contributed by atoms with Crippen LogP contribution >= 0.6 is 0 Å². The first-order valence-electron chi connectivity index (χ1n) is 11.4. The van der Waals surface area contributed by atoms with Crippen LogP contribution in [0.1, 0.15) is 43.2 Å². The van der Waals surface area contributed by atoms with Gasteiger partial charge in [0.1, 0.15) is 0 Å². The van der Waals surface area contributed by atoms with Crippen molar-refractivity contribution >= 4 is 0 Å². The monoisotopic (exact) mass is 376 g/mol. The molecule has 2 unspecified atom stereocenters. The Bertz CT molecular complexity index is 691. The molecule has 2 saturated heterocycles. The maximum Gasteiger partial charge on any atom is 0.00253 e. The fraction of sp³-hybridized carbons (Fsp3) is 0.538. The van der Waals surface area contributed by atoms with Gasteiger partial charge in [0.15, 0.2) is 0 Å². The molecule has 0 spiro atoms. The maximum atomic E-state index is 2.76. The van der Waals surface area contributed by atoms with Crippen molar-refractivity contribution in [2.75, 3.05) is 39.3 Å². The number of benzene rings is 2.